The van der Waals surface area contributed by atoms with Crippen LogP contribution >= 0.6 is 11.6 Å². The van der Waals surface area contributed by atoms with Gasteiger partial charge in [0.15, 0.2) is 11.5 Å². The van der Waals surface area contributed by atoms with Gasteiger partial charge in [-0.1, -0.05) is 36.2 Å². The number of nitrogens with one attached hydrogen (secondary N) is 1. The topological polar surface area (TPSA) is 148 Å². The molecule has 0 radical (unpaired) electrons. The van der Waals surface area contributed by atoms with Crippen molar-refractivity contribution in [2.24, 2.45) is 5.92 Å². The van der Waals surface area contributed by atoms with Gasteiger partial charge in [-0.15, -0.1) is 5.10 Å². The van der Waals surface area contributed by atoms with E-state index >= 15 is 0 Å². The fraction of sp³-hybridized carbons (Fsp3) is 0.235. The smallest absolute Gasteiger partial charge is 0.436 e. The van der Waals surface area contributed by atoms with Crippen molar-refractivity contribution in [3.63, 3.8) is 0 Å². The van der Waals surface area contributed by atoms with Gasteiger partial charge in [0.25, 0.3) is 5.56 Å². The van der Waals surface area contributed by atoms with E-state index in [0.717, 1.165) is 10.9 Å². The molecule has 6 heterocycles. The van der Waals surface area contributed by atoms with Gasteiger partial charge in [-0.3, -0.25) is 19.1 Å². The standard InChI is InChI=1S/C34H28ClF3N10O3/c1-19-5-3-6-27(24-13-20(11-12-39-24)32-25(41-33(19)50)16-48(44-32)29-7-4-8-30(42-29)51-2)46-18-40-23(15-31(46)49)22-14-21(35)9-10-26(22)47-17-28(43-45-47)34(36,37)38/h4,7-19,27H,3,5-6H2,1-2H3,(H,41,50). The van der Waals surface area contributed by atoms with Gasteiger partial charge in [-0.25, -0.2) is 14.3 Å². The molecule has 1 amide bonds. The van der Waals surface area contributed by atoms with Gasteiger partial charge in [-0.2, -0.15) is 23.3 Å². The Morgan fingerprint density at radius 3 is 2.61 bits per heavy atom. The summed E-state index contributed by atoms with van der Waals surface area (Å²) in [5.74, 6) is 0.326. The zero-order valence-electron chi connectivity index (χ0n) is 27.0. The maximum atomic E-state index is 13.9. The number of anilines is 1. The van der Waals surface area contributed by atoms with Gasteiger partial charge in [0.1, 0.15) is 5.69 Å². The highest BCUT2D eigenvalue weighted by Crippen LogP contribution is 2.34. The minimum Gasteiger partial charge on any atom is -0.481 e. The number of hydrogen-bond acceptors (Lipinski definition) is 9. The summed E-state index contributed by atoms with van der Waals surface area (Å²) in [6, 6.07) is 14.0. The number of amides is 1. The van der Waals surface area contributed by atoms with E-state index in [1.165, 1.54) is 42.3 Å². The molecule has 0 spiro atoms. The molecule has 1 N–H and O–H groups in total. The van der Waals surface area contributed by atoms with Crippen molar-refractivity contribution in [1.29, 1.82) is 0 Å². The summed E-state index contributed by atoms with van der Waals surface area (Å²) >= 11 is 6.27. The molecule has 1 aliphatic heterocycles. The lowest BCUT2D eigenvalue weighted by Crippen LogP contribution is -2.27. The van der Waals surface area contributed by atoms with Gasteiger partial charge in [0, 0.05) is 40.4 Å². The van der Waals surface area contributed by atoms with E-state index in [-0.39, 0.29) is 33.8 Å². The number of nitrogens with zero attached hydrogens (tertiary/aromatic N) is 9. The number of aromatic nitrogens is 9. The average Bonchev–Trinajstić information content (AvgIpc) is 3.79. The molecule has 0 saturated carbocycles. The van der Waals surface area contributed by atoms with Crippen molar-refractivity contribution in [3.05, 3.63) is 106 Å². The maximum absolute atomic E-state index is 13.9. The molecule has 17 heteroatoms. The molecule has 1 aliphatic rings. The third kappa shape index (κ3) is 6.81. The van der Waals surface area contributed by atoms with Crippen molar-refractivity contribution in [2.45, 2.75) is 38.4 Å². The van der Waals surface area contributed by atoms with E-state index in [1.807, 2.05) is 13.0 Å². The first kappa shape index (κ1) is 33.6. The quantitative estimate of drug-likeness (QED) is 0.221. The Balaban J connectivity index is 1.29. The van der Waals surface area contributed by atoms with Crippen molar-refractivity contribution in [2.75, 3.05) is 12.4 Å². The highest BCUT2D eigenvalue weighted by Gasteiger charge is 2.35. The second kappa shape index (κ2) is 13.4. The SMILES string of the molecule is COc1cccc(-n2cc3c(n2)-c2ccnc(c2)C(n2cnc(-c4cc(Cl)ccc4-n4cc(C(F)(F)F)nn4)cc2=O)CCCC(C)C(=O)N3)n1. The Hall–Kier alpha value is -5.90. The van der Waals surface area contributed by atoms with Gasteiger partial charge >= 0.3 is 6.18 Å². The Bertz CT molecular complexity index is 2320. The average molecular weight is 717 g/mol. The number of rotatable bonds is 5. The maximum Gasteiger partial charge on any atom is 0.436 e. The molecule has 6 aromatic rings. The van der Waals surface area contributed by atoms with E-state index in [1.54, 1.807) is 41.3 Å². The van der Waals surface area contributed by atoms with E-state index in [9.17, 15) is 22.8 Å². The van der Waals surface area contributed by atoms with Crippen LogP contribution < -0.4 is 15.6 Å². The molecular formula is C34H28ClF3N10O3. The number of ether oxygens (including phenoxy) is 1. The summed E-state index contributed by atoms with van der Waals surface area (Å²) in [6.07, 6.45) is 2.27. The van der Waals surface area contributed by atoms with Crippen LogP contribution in [0.4, 0.5) is 18.9 Å². The summed E-state index contributed by atoms with van der Waals surface area (Å²) in [7, 11) is 1.52. The number of carbonyl (C=O) groups is 1. The number of alkyl halides is 3. The van der Waals surface area contributed by atoms with E-state index in [0.29, 0.717) is 53.6 Å². The number of benzene rings is 1. The predicted molar refractivity (Wildman–Crippen MR) is 180 cm³/mol. The summed E-state index contributed by atoms with van der Waals surface area (Å²) in [6.45, 7) is 1.83. The fourth-order valence-electron chi connectivity index (χ4n) is 5.87. The normalized spacial score (nSPS) is 16.5. The fourth-order valence-corrected chi connectivity index (χ4v) is 6.04. The van der Waals surface area contributed by atoms with E-state index < -0.39 is 23.5 Å². The second-order valence-corrected chi connectivity index (χ2v) is 12.3. The Morgan fingerprint density at radius 1 is 1.00 bits per heavy atom. The first-order valence-corrected chi connectivity index (χ1v) is 16.1. The number of halogens is 4. The van der Waals surface area contributed by atoms with Crippen LogP contribution in [0.2, 0.25) is 5.02 Å². The summed E-state index contributed by atoms with van der Waals surface area (Å²) in [4.78, 5) is 40.8. The van der Waals surface area contributed by atoms with Crippen molar-refractivity contribution in [3.8, 4) is 39.9 Å². The largest absolute Gasteiger partial charge is 0.481 e. The van der Waals surface area contributed by atoms with E-state index in [2.05, 4.69) is 30.6 Å². The number of hydrogen-bond donors (Lipinski definition) is 1. The molecule has 2 atom stereocenters. The van der Waals surface area contributed by atoms with Crippen LogP contribution in [-0.4, -0.2) is 57.3 Å². The molecule has 0 fully saturated rings. The predicted octanol–water partition coefficient (Wildman–Crippen LogP) is 6.16. The lowest BCUT2D eigenvalue weighted by Gasteiger charge is -2.22. The lowest BCUT2D eigenvalue weighted by atomic mass is 9.97. The van der Waals surface area contributed by atoms with Crippen molar-refractivity contribution >= 4 is 23.2 Å². The second-order valence-electron chi connectivity index (χ2n) is 11.9. The Kier molecular flexibility index (Phi) is 8.85. The third-order valence-corrected chi connectivity index (χ3v) is 8.76. The lowest BCUT2D eigenvalue weighted by molar-refractivity contribution is -0.141. The number of carbonyl (C=O) groups excluding carboxylic acids is 1. The Labute approximate surface area is 292 Å². The van der Waals surface area contributed by atoms with Crippen molar-refractivity contribution < 1.29 is 22.7 Å². The van der Waals surface area contributed by atoms with Crippen molar-refractivity contribution in [1.82, 2.24) is 44.3 Å². The molecule has 1 aromatic carbocycles. The van der Waals surface area contributed by atoms with Gasteiger partial charge in [0.05, 0.1) is 54.6 Å². The third-order valence-electron chi connectivity index (χ3n) is 8.52. The van der Waals surface area contributed by atoms with Crippen LogP contribution in [0.1, 0.15) is 43.6 Å². The van der Waals surface area contributed by atoms with Crippen LogP contribution in [0.3, 0.4) is 0 Å². The van der Waals surface area contributed by atoms with E-state index in [4.69, 9.17) is 21.4 Å². The van der Waals surface area contributed by atoms with Crippen LogP contribution in [0, 0.1) is 5.92 Å². The molecule has 7 rings (SSSR count). The monoisotopic (exact) mass is 716 g/mol. The number of methoxy groups -OCH3 is 1. The van der Waals surface area contributed by atoms with Crippen LogP contribution in [0.25, 0.3) is 34.0 Å². The highest BCUT2D eigenvalue weighted by atomic mass is 35.5. The summed E-state index contributed by atoms with van der Waals surface area (Å²) in [5, 5.41) is 14.9. The Morgan fingerprint density at radius 2 is 1.84 bits per heavy atom. The number of pyridine rings is 2. The zero-order chi connectivity index (χ0) is 35.9. The van der Waals surface area contributed by atoms with Crippen LogP contribution in [0.5, 0.6) is 5.88 Å². The molecule has 2 unspecified atom stereocenters. The zero-order valence-corrected chi connectivity index (χ0v) is 27.8. The molecule has 0 aliphatic carbocycles. The molecular weight excluding hydrogens is 689 g/mol. The molecule has 2 bridgehead atoms. The minimum absolute atomic E-state index is 0.166. The molecule has 13 nitrogen and oxygen atoms in total. The molecule has 5 aromatic heterocycles. The van der Waals surface area contributed by atoms with Crippen LogP contribution in [-0.2, 0) is 11.0 Å². The number of fused-ring (bicyclic) bond motifs is 4. The first-order chi connectivity index (χ1) is 24.5. The highest BCUT2D eigenvalue weighted by molar-refractivity contribution is 6.31. The van der Waals surface area contributed by atoms with Crippen LogP contribution in [0.15, 0.2) is 84.3 Å². The first-order valence-electron chi connectivity index (χ1n) is 15.7. The van der Waals surface area contributed by atoms with Gasteiger partial charge in [-0.05, 0) is 49.2 Å². The molecule has 0 saturated heterocycles. The van der Waals surface area contributed by atoms with Gasteiger partial charge in [0.2, 0.25) is 11.8 Å². The molecule has 260 valence electrons. The molecule has 51 heavy (non-hydrogen) atoms. The summed E-state index contributed by atoms with van der Waals surface area (Å²) < 4.78 is 49.1. The van der Waals surface area contributed by atoms with Gasteiger partial charge < -0.3 is 10.1 Å². The minimum atomic E-state index is -4.70. The summed E-state index contributed by atoms with van der Waals surface area (Å²) in [5.41, 5.74) is 1.17.